The molecule has 0 spiro atoms. The molecule has 0 bridgehead atoms. The van der Waals surface area contributed by atoms with Crippen LogP contribution in [0.3, 0.4) is 0 Å². The van der Waals surface area contributed by atoms with Gasteiger partial charge in [-0.3, -0.25) is 4.90 Å². The monoisotopic (exact) mass is 281 g/mol. The van der Waals surface area contributed by atoms with Gasteiger partial charge < -0.3 is 4.74 Å². The Hall–Kier alpha value is -1.45. The van der Waals surface area contributed by atoms with Crippen LogP contribution in [-0.2, 0) is 18.3 Å². The molecule has 3 rings (SSSR count). The van der Waals surface area contributed by atoms with E-state index in [1.165, 1.54) is 0 Å². The second kappa shape index (κ2) is 5.27. The SMILES string of the molecule is Cc1nnc(CN2CCOC(c3nnnn3C)C2)s1. The molecule has 1 atom stereocenters. The normalized spacial score (nSPS) is 20.8. The van der Waals surface area contributed by atoms with Crippen molar-refractivity contribution in [2.45, 2.75) is 19.6 Å². The molecule has 102 valence electrons. The van der Waals surface area contributed by atoms with Gasteiger partial charge in [-0.1, -0.05) is 0 Å². The highest BCUT2D eigenvalue weighted by Gasteiger charge is 2.26. The fraction of sp³-hybridized carbons (Fsp3) is 0.700. The molecule has 0 amide bonds. The zero-order valence-corrected chi connectivity index (χ0v) is 11.7. The van der Waals surface area contributed by atoms with Gasteiger partial charge in [0.2, 0.25) is 0 Å². The van der Waals surface area contributed by atoms with E-state index in [1.807, 2.05) is 14.0 Å². The Kier molecular flexibility index (Phi) is 3.49. The summed E-state index contributed by atoms with van der Waals surface area (Å²) in [6.45, 7) is 5.10. The lowest BCUT2D eigenvalue weighted by Crippen LogP contribution is -2.38. The summed E-state index contributed by atoms with van der Waals surface area (Å²) in [5, 5.41) is 21.7. The Morgan fingerprint density at radius 3 is 2.95 bits per heavy atom. The molecule has 9 heteroatoms. The molecule has 0 aliphatic carbocycles. The van der Waals surface area contributed by atoms with Gasteiger partial charge in [-0.05, 0) is 17.4 Å². The number of ether oxygens (including phenoxy) is 1. The molecule has 1 aliphatic rings. The molecule has 0 radical (unpaired) electrons. The highest BCUT2D eigenvalue weighted by molar-refractivity contribution is 7.11. The first-order valence-corrected chi connectivity index (χ1v) is 6.89. The van der Waals surface area contributed by atoms with E-state index in [9.17, 15) is 0 Å². The molecule has 1 unspecified atom stereocenters. The van der Waals surface area contributed by atoms with Crippen LogP contribution in [0.2, 0.25) is 0 Å². The van der Waals surface area contributed by atoms with Gasteiger partial charge in [0.25, 0.3) is 0 Å². The van der Waals surface area contributed by atoms with Crippen LogP contribution in [0.25, 0.3) is 0 Å². The highest BCUT2D eigenvalue weighted by atomic mass is 32.1. The summed E-state index contributed by atoms with van der Waals surface area (Å²) in [6.07, 6.45) is -0.0808. The van der Waals surface area contributed by atoms with E-state index in [0.717, 1.165) is 35.5 Å². The zero-order valence-electron chi connectivity index (χ0n) is 10.9. The van der Waals surface area contributed by atoms with Gasteiger partial charge in [0.05, 0.1) is 13.2 Å². The molecule has 3 heterocycles. The molecule has 2 aromatic heterocycles. The van der Waals surface area contributed by atoms with E-state index in [-0.39, 0.29) is 6.10 Å². The quantitative estimate of drug-likeness (QED) is 0.779. The average molecular weight is 281 g/mol. The number of morpholine rings is 1. The van der Waals surface area contributed by atoms with Crippen LogP contribution in [0.15, 0.2) is 0 Å². The minimum atomic E-state index is -0.0808. The number of hydrogen-bond acceptors (Lipinski definition) is 8. The number of aryl methyl sites for hydroxylation is 2. The molecular weight excluding hydrogens is 266 g/mol. The molecule has 1 aliphatic heterocycles. The van der Waals surface area contributed by atoms with Crippen molar-refractivity contribution in [3.8, 4) is 0 Å². The summed E-state index contributed by atoms with van der Waals surface area (Å²) in [5.41, 5.74) is 0. The maximum Gasteiger partial charge on any atom is 0.181 e. The largest absolute Gasteiger partial charge is 0.367 e. The van der Waals surface area contributed by atoms with Crippen LogP contribution in [0.4, 0.5) is 0 Å². The van der Waals surface area contributed by atoms with Crippen molar-refractivity contribution in [2.75, 3.05) is 19.7 Å². The van der Waals surface area contributed by atoms with Crippen LogP contribution in [0, 0.1) is 6.92 Å². The molecular formula is C10H15N7OS. The summed E-state index contributed by atoms with van der Waals surface area (Å²) in [6, 6.07) is 0. The number of hydrogen-bond donors (Lipinski definition) is 0. The van der Waals surface area contributed by atoms with Gasteiger partial charge in [0, 0.05) is 20.1 Å². The topological polar surface area (TPSA) is 81.8 Å². The summed E-state index contributed by atoms with van der Waals surface area (Å²) >= 11 is 1.63. The Bertz CT molecular complexity index is 554. The van der Waals surface area contributed by atoms with E-state index in [1.54, 1.807) is 16.0 Å². The number of nitrogens with zero attached hydrogens (tertiary/aromatic N) is 7. The maximum atomic E-state index is 5.74. The van der Waals surface area contributed by atoms with Crippen LogP contribution in [0.5, 0.6) is 0 Å². The van der Waals surface area contributed by atoms with Crippen molar-refractivity contribution in [1.29, 1.82) is 0 Å². The number of rotatable bonds is 3. The van der Waals surface area contributed by atoms with Crippen LogP contribution in [0.1, 0.15) is 21.9 Å². The van der Waals surface area contributed by atoms with Crippen molar-refractivity contribution < 1.29 is 4.74 Å². The molecule has 0 saturated carbocycles. The lowest BCUT2D eigenvalue weighted by Gasteiger charge is -2.31. The molecule has 19 heavy (non-hydrogen) atoms. The van der Waals surface area contributed by atoms with Crippen molar-refractivity contribution >= 4 is 11.3 Å². The van der Waals surface area contributed by atoms with Crippen LogP contribution >= 0.6 is 11.3 Å². The van der Waals surface area contributed by atoms with E-state index >= 15 is 0 Å². The van der Waals surface area contributed by atoms with Gasteiger partial charge in [0.15, 0.2) is 5.82 Å². The third-order valence-corrected chi connectivity index (χ3v) is 3.84. The minimum Gasteiger partial charge on any atom is -0.367 e. The van der Waals surface area contributed by atoms with E-state index < -0.39 is 0 Å². The lowest BCUT2D eigenvalue weighted by atomic mass is 10.2. The second-order valence-corrected chi connectivity index (χ2v) is 5.74. The van der Waals surface area contributed by atoms with Crippen LogP contribution < -0.4 is 0 Å². The third-order valence-electron chi connectivity index (χ3n) is 3.02. The Balaban J connectivity index is 1.66. The second-order valence-electron chi connectivity index (χ2n) is 4.47. The lowest BCUT2D eigenvalue weighted by molar-refractivity contribution is -0.0389. The molecule has 0 N–H and O–H groups in total. The van der Waals surface area contributed by atoms with Crippen molar-refractivity contribution in [3.63, 3.8) is 0 Å². The minimum absolute atomic E-state index is 0.0808. The average Bonchev–Trinajstić information content (AvgIpc) is 2.99. The highest BCUT2D eigenvalue weighted by Crippen LogP contribution is 2.21. The van der Waals surface area contributed by atoms with Gasteiger partial charge >= 0.3 is 0 Å². The van der Waals surface area contributed by atoms with Crippen molar-refractivity contribution in [3.05, 3.63) is 15.8 Å². The number of tetrazole rings is 1. The Labute approximate surface area is 114 Å². The predicted molar refractivity (Wildman–Crippen MR) is 67.4 cm³/mol. The van der Waals surface area contributed by atoms with Crippen LogP contribution in [-0.4, -0.2) is 55.0 Å². The first-order valence-electron chi connectivity index (χ1n) is 6.07. The van der Waals surface area contributed by atoms with Gasteiger partial charge in [-0.25, -0.2) is 4.68 Å². The summed E-state index contributed by atoms with van der Waals surface area (Å²) in [5.74, 6) is 0.762. The van der Waals surface area contributed by atoms with Gasteiger partial charge in [-0.2, -0.15) is 0 Å². The molecule has 1 saturated heterocycles. The van der Waals surface area contributed by atoms with Gasteiger partial charge in [-0.15, -0.1) is 26.6 Å². The third kappa shape index (κ3) is 2.77. The molecule has 1 fully saturated rings. The summed E-state index contributed by atoms with van der Waals surface area (Å²) < 4.78 is 7.39. The van der Waals surface area contributed by atoms with E-state index in [4.69, 9.17) is 4.74 Å². The van der Waals surface area contributed by atoms with E-state index in [0.29, 0.717) is 6.61 Å². The molecule has 2 aromatic rings. The Morgan fingerprint density at radius 1 is 1.37 bits per heavy atom. The fourth-order valence-corrected chi connectivity index (χ4v) is 2.86. The van der Waals surface area contributed by atoms with Gasteiger partial charge in [0.1, 0.15) is 16.1 Å². The zero-order chi connectivity index (χ0) is 13.2. The molecule has 8 nitrogen and oxygen atoms in total. The predicted octanol–water partition coefficient (Wildman–Crippen LogP) is -0.0565. The smallest absolute Gasteiger partial charge is 0.181 e. The van der Waals surface area contributed by atoms with Crippen molar-refractivity contribution in [2.24, 2.45) is 7.05 Å². The van der Waals surface area contributed by atoms with Crippen molar-refractivity contribution in [1.82, 2.24) is 35.3 Å². The Morgan fingerprint density at radius 2 is 2.26 bits per heavy atom. The first kappa shape index (κ1) is 12.6. The maximum absolute atomic E-state index is 5.74. The standard InChI is InChI=1S/C10H15N7OS/c1-7-11-12-9(19-7)6-17-3-4-18-8(5-17)10-13-14-15-16(10)2/h8H,3-6H2,1-2H3. The van der Waals surface area contributed by atoms with E-state index in [2.05, 4.69) is 30.6 Å². The number of aromatic nitrogens is 6. The summed E-state index contributed by atoms with van der Waals surface area (Å²) in [7, 11) is 1.83. The first-order chi connectivity index (χ1) is 9.22. The molecule has 0 aromatic carbocycles. The summed E-state index contributed by atoms with van der Waals surface area (Å²) in [4.78, 5) is 2.29. The fourth-order valence-electron chi connectivity index (χ4n) is 2.10.